The van der Waals surface area contributed by atoms with Crippen LogP contribution in [-0.2, 0) is 4.79 Å². The van der Waals surface area contributed by atoms with Gasteiger partial charge < -0.3 is 4.90 Å². The number of benzene rings is 2. The third-order valence-electron chi connectivity index (χ3n) is 5.49. The summed E-state index contributed by atoms with van der Waals surface area (Å²) in [7, 11) is 1.83. The summed E-state index contributed by atoms with van der Waals surface area (Å²) in [5.74, 6) is -1.52. The van der Waals surface area contributed by atoms with Gasteiger partial charge in [0.15, 0.2) is 11.6 Å². The van der Waals surface area contributed by atoms with Crippen LogP contribution in [0.15, 0.2) is 42.5 Å². The van der Waals surface area contributed by atoms with Gasteiger partial charge in [-0.3, -0.25) is 10.1 Å². The number of hydrogen-bond acceptors (Lipinski definition) is 2. The van der Waals surface area contributed by atoms with Gasteiger partial charge in [-0.15, -0.1) is 12.4 Å². The average Bonchev–Trinajstić information content (AvgIpc) is 3.18. The predicted octanol–water partition coefficient (Wildman–Crippen LogP) is 4.08. The van der Waals surface area contributed by atoms with Crippen molar-refractivity contribution < 1.29 is 13.6 Å². The van der Waals surface area contributed by atoms with Crippen molar-refractivity contribution in [2.75, 3.05) is 13.6 Å². The van der Waals surface area contributed by atoms with Crippen molar-refractivity contribution in [2.45, 2.75) is 30.8 Å². The fraction of sp³-hybridized carbons (Fsp3) is 0.350. The maximum absolute atomic E-state index is 14.1. The second-order valence-electron chi connectivity index (χ2n) is 7.02. The molecule has 2 saturated heterocycles. The van der Waals surface area contributed by atoms with E-state index in [0.717, 1.165) is 37.4 Å². The van der Waals surface area contributed by atoms with Crippen molar-refractivity contribution in [2.24, 2.45) is 0 Å². The fourth-order valence-electron chi connectivity index (χ4n) is 4.07. The van der Waals surface area contributed by atoms with Crippen LogP contribution >= 0.6 is 12.4 Å². The van der Waals surface area contributed by atoms with Crippen LogP contribution in [0.1, 0.15) is 30.9 Å². The molecule has 0 aliphatic carbocycles. The molecule has 138 valence electrons. The van der Waals surface area contributed by atoms with Gasteiger partial charge in [-0.05, 0) is 42.5 Å². The highest BCUT2D eigenvalue weighted by Crippen LogP contribution is 2.39. The number of hydrogen-bond donors (Lipinski definition) is 1. The normalized spacial score (nSPS) is 25.0. The van der Waals surface area contributed by atoms with Gasteiger partial charge >= 0.3 is 0 Å². The molecule has 2 aromatic carbocycles. The molecule has 0 saturated carbocycles. The molecule has 0 aromatic heterocycles. The predicted molar refractivity (Wildman–Crippen MR) is 99.1 cm³/mol. The van der Waals surface area contributed by atoms with E-state index in [4.69, 9.17) is 0 Å². The number of likely N-dealkylation sites (N-methyl/N-ethyl adjacent to an activating group) is 1. The van der Waals surface area contributed by atoms with Crippen LogP contribution < -0.4 is 5.32 Å². The van der Waals surface area contributed by atoms with E-state index < -0.39 is 17.2 Å². The first kappa shape index (κ1) is 18.8. The Bertz CT molecular complexity index is 844. The van der Waals surface area contributed by atoms with Crippen molar-refractivity contribution in [3.05, 3.63) is 59.7 Å². The van der Waals surface area contributed by atoms with Gasteiger partial charge in [0.2, 0.25) is 5.91 Å². The van der Waals surface area contributed by atoms with Crippen LogP contribution in [-0.4, -0.2) is 29.9 Å². The number of nitrogens with one attached hydrogen (secondary N) is 1. The van der Waals surface area contributed by atoms with E-state index in [1.165, 1.54) is 6.07 Å². The largest absolute Gasteiger partial charge is 0.344 e. The average molecular weight is 379 g/mol. The second kappa shape index (κ2) is 6.97. The van der Waals surface area contributed by atoms with Crippen LogP contribution in [0.4, 0.5) is 8.78 Å². The van der Waals surface area contributed by atoms with E-state index in [1.54, 1.807) is 17.0 Å². The minimum absolute atomic E-state index is 0. The zero-order chi connectivity index (χ0) is 17.6. The Morgan fingerprint density at radius 2 is 1.92 bits per heavy atom. The van der Waals surface area contributed by atoms with Crippen molar-refractivity contribution >= 4 is 18.3 Å². The zero-order valence-electron chi connectivity index (χ0n) is 14.5. The zero-order valence-corrected chi connectivity index (χ0v) is 15.3. The highest BCUT2D eigenvalue weighted by molar-refractivity contribution is 5.88. The molecule has 1 N–H and O–H groups in total. The standard InChI is InChI=1S/C20H20F2N2O.ClH/c1-24-11-10-20(19(24)25)9-8-17(23-20)14-5-2-4-13(12-14)15-6-3-7-16(21)18(15)22;/h2-7,12,17,23H,8-11H2,1H3;1H/t17-,20-;/m1./s1. The highest BCUT2D eigenvalue weighted by atomic mass is 35.5. The summed E-state index contributed by atoms with van der Waals surface area (Å²) in [6.07, 6.45) is 2.48. The molecule has 4 rings (SSSR count). The Kier molecular flexibility index (Phi) is 5.04. The molecule has 0 unspecified atom stereocenters. The molecule has 0 bridgehead atoms. The molecule has 26 heavy (non-hydrogen) atoms. The van der Waals surface area contributed by atoms with Gasteiger partial charge in [0.1, 0.15) is 5.54 Å². The van der Waals surface area contributed by atoms with E-state index in [1.807, 2.05) is 25.2 Å². The monoisotopic (exact) mass is 378 g/mol. The first-order valence-corrected chi connectivity index (χ1v) is 8.58. The molecule has 1 spiro atoms. The van der Waals surface area contributed by atoms with Crippen molar-refractivity contribution in [3.63, 3.8) is 0 Å². The molecule has 2 aliphatic heterocycles. The quantitative estimate of drug-likeness (QED) is 0.854. The van der Waals surface area contributed by atoms with E-state index in [-0.39, 0.29) is 29.9 Å². The van der Waals surface area contributed by atoms with Gasteiger partial charge in [0, 0.05) is 25.2 Å². The third kappa shape index (κ3) is 2.99. The van der Waals surface area contributed by atoms with Crippen LogP contribution in [0, 0.1) is 11.6 Å². The molecule has 3 nitrogen and oxygen atoms in total. The Hall–Kier alpha value is -1.98. The lowest BCUT2D eigenvalue weighted by Crippen LogP contribution is -2.47. The number of nitrogens with zero attached hydrogens (tertiary/aromatic N) is 1. The van der Waals surface area contributed by atoms with Gasteiger partial charge in [-0.1, -0.05) is 30.3 Å². The molecule has 2 heterocycles. The number of likely N-dealkylation sites (tertiary alicyclic amines) is 1. The summed E-state index contributed by atoms with van der Waals surface area (Å²) in [6.45, 7) is 0.771. The first-order valence-electron chi connectivity index (χ1n) is 8.58. The summed E-state index contributed by atoms with van der Waals surface area (Å²) >= 11 is 0. The third-order valence-corrected chi connectivity index (χ3v) is 5.49. The molecular formula is C20H21ClF2N2O. The summed E-state index contributed by atoms with van der Waals surface area (Å²) in [5.41, 5.74) is 1.44. The van der Waals surface area contributed by atoms with Crippen LogP contribution in [0.25, 0.3) is 11.1 Å². The summed E-state index contributed by atoms with van der Waals surface area (Å²) in [4.78, 5) is 14.2. The molecule has 2 aliphatic rings. The van der Waals surface area contributed by atoms with E-state index in [0.29, 0.717) is 5.56 Å². The van der Waals surface area contributed by atoms with Gasteiger partial charge in [0.25, 0.3) is 0 Å². The number of halogens is 3. The van der Waals surface area contributed by atoms with Crippen LogP contribution in [0.3, 0.4) is 0 Å². The van der Waals surface area contributed by atoms with E-state index >= 15 is 0 Å². The van der Waals surface area contributed by atoms with Crippen molar-refractivity contribution in [3.8, 4) is 11.1 Å². The summed E-state index contributed by atoms with van der Waals surface area (Å²) in [6, 6.07) is 11.7. The van der Waals surface area contributed by atoms with Gasteiger partial charge in [-0.25, -0.2) is 8.78 Å². The second-order valence-corrected chi connectivity index (χ2v) is 7.02. The van der Waals surface area contributed by atoms with Gasteiger partial charge in [0.05, 0.1) is 0 Å². The van der Waals surface area contributed by atoms with E-state index in [2.05, 4.69) is 5.32 Å². The van der Waals surface area contributed by atoms with Crippen LogP contribution in [0.5, 0.6) is 0 Å². The molecule has 6 heteroatoms. The minimum Gasteiger partial charge on any atom is -0.344 e. The summed E-state index contributed by atoms with van der Waals surface area (Å²) < 4.78 is 27.6. The number of carbonyl (C=O) groups is 1. The maximum atomic E-state index is 14.1. The van der Waals surface area contributed by atoms with Crippen molar-refractivity contribution in [1.29, 1.82) is 0 Å². The molecule has 2 aromatic rings. The first-order chi connectivity index (χ1) is 12.0. The Labute approximate surface area is 157 Å². The highest BCUT2D eigenvalue weighted by Gasteiger charge is 2.49. The number of amides is 1. The molecule has 2 fully saturated rings. The molecule has 2 atom stereocenters. The Balaban J connectivity index is 0.00000196. The molecule has 1 amide bonds. The van der Waals surface area contributed by atoms with Gasteiger partial charge in [-0.2, -0.15) is 0 Å². The van der Waals surface area contributed by atoms with Crippen LogP contribution in [0.2, 0.25) is 0 Å². The minimum atomic E-state index is -0.847. The summed E-state index contributed by atoms with van der Waals surface area (Å²) in [5, 5.41) is 3.51. The maximum Gasteiger partial charge on any atom is 0.242 e. The topological polar surface area (TPSA) is 32.3 Å². The lowest BCUT2D eigenvalue weighted by molar-refractivity contribution is -0.131. The SMILES string of the molecule is CN1CC[C@]2(CC[C@H](c3cccc(-c4cccc(F)c4F)c3)N2)C1=O.Cl. The number of carbonyl (C=O) groups excluding carboxylic acids is 1. The molecular weight excluding hydrogens is 358 g/mol. The van der Waals surface area contributed by atoms with Crippen molar-refractivity contribution in [1.82, 2.24) is 10.2 Å². The Morgan fingerprint density at radius 1 is 1.15 bits per heavy atom. The number of rotatable bonds is 2. The Morgan fingerprint density at radius 3 is 2.65 bits per heavy atom. The van der Waals surface area contributed by atoms with E-state index in [9.17, 15) is 13.6 Å². The lowest BCUT2D eigenvalue weighted by Gasteiger charge is -2.23. The fourth-order valence-corrected chi connectivity index (χ4v) is 4.07. The lowest BCUT2D eigenvalue weighted by atomic mass is 9.95. The molecule has 0 radical (unpaired) electrons. The smallest absolute Gasteiger partial charge is 0.242 e.